The second kappa shape index (κ2) is 8.57. The largest absolute Gasteiger partial charge is 0.573 e. The van der Waals surface area contributed by atoms with Gasteiger partial charge in [0.25, 0.3) is 0 Å². The summed E-state index contributed by atoms with van der Waals surface area (Å²) in [5.41, 5.74) is 1.02. The Bertz CT molecular complexity index is 1120. The van der Waals surface area contributed by atoms with E-state index in [9.17, 15) is 21.6 Å². The van der Waals surface area contributed by atoms with E-state index in [1.807, 2.05) is 0 Å². The van der Waals surface area contributed by atoms with Crippen molar-refractivity contribution in [1.82, 2.24) is 9.97 Å². The number of aromatic nitrogens is 2. The Labute approximate surface area is 170 Å². The van der Waals surface area contributed by atoms with Gasteiger partial charge >= 0.3 is 6.36 Å². The van der Waals surface area contributed by atoms with Gasteiger partial charge in [-0.2, -0.15) is 0 Å². The molecule has 7 nitrogen and oxygen atoms in total. The molecule has 30 heavy (non-hydrogen) atoms. The van der Waals surface area contributed by atoms with Crippen molar-refractivity contribution in [1.29, 1.82) is 0 Å². The lowest BCUT2D eigenvalue weighted by atomic mass is 10.3. The van der Waals surface area contributed by atoms with E-state index >= 15 is 0 Å². The highest BCUT2D eigenvalue weighted by molar-refractivity contribution is 7.91. The van der Waals surface area contributed by atoms with Crippen molar-refractivity contribution in [2.75, 3.05) is 16.4 Å². The van der Waals surface area contributed by atoms with Gasteiger partial charge in [-0.15, -0.1) is 13.2 Å². The molecule has 11 heteroatoms. The number of anilines is 4. The Morgan fingerprint density at radius 1 is 0.933 bits per heavy atom. The summed E-state index contributed by atoms with van der Waals surface area (Å²) in [5.74, 6) is 0.440. The molecule has 0 radical (unpaired) electrons. The number of nitrogens with one attached hydrogen (secondary N) is 2. The Morgan fingerprint density at radius 3 is 2.17 bits per heavy atom. The lowest BCUT2D eigenvalue weighted by Gasteiger charge is -2.11. The van der Waals surface area contributed by atoms with E-state index < -0.39 is 16.2 Å². The minimum atomic E-state index is -4.75. The molecule has 3 rings (SSSR count). The van der Waals surface area contributed by atoms with Crippen molar-refractivity contribution in [3.8, 4) is 5.75 Å². The first-order valence-electron chi connectivity index (χ1n) is 8.69. The summed E-state index contributed by atoms with van der Waals surface area (Å²) in [6, 6.07) is 13.1. The SMILES string of the molecule is CCS(=O)(=O)c1cccc(Nc2cc(Nc3ccc(OC(F)(F)F)cc3)ncn2)c1. The van der Waals surface area contributed by atoms with E-state index in [4.69, 9.17) is 0 Å². The Kier molecular flexibility index (Phi) is 6.11. The van der Waals surface area contributed by atoms with Crippen molar-refractivity contribution < 1.29 is 26.3 Å². The highest BCUT2D eigenvalue weighted by Crippen LogP contribution is 2.26. The van der Waals surface area contributed by atoms with Crippen molar-refractivity contribution in [2.45, 2.75) is 18.2 Å². The van der Waals surface area contributed by atoms with Crippen LogP contribution >= 0.6 is 0 Å². The third kappa shape index (κ3) is 5.83. The van der Waals surface area contributed by atoms with Crippen LogP contribution in [0.5, 0.6) is 5.75 Å². The first kappa shape index (κ1) is 21.4. The van der Waals surface area contributed by atoms with E-state index in [0.717, 1.165) is 0 Å². The summed E-state index contributed by atoms with van der Waals surface area (Å²) < 4.78 is 64.6. The van der Waals surface area contributed by atoms with Crippen LogP contribution in [0.3, 0.4) is 0 Å². The molecule has 158 valence electrons. The molecule has 0 spiro atoms. The molecule has 1 heterocycles. The molecule has 0 saturated heterocycles. The number of halogens is 3. The molecule has 0 aliphatic rings. The van der Waals surface area contributed by atoms with E-state index in [1.165, 1.54) is 42.7 Å². The van der Waals surface area contributed by atoms with E-state index in [1.54, 1.807) is 25.1 Å². The lowest BCUT2D eigenvalue weighted by molar-refractivity contribution is -0.274. The zero-order valence-corrected chi connectivity index (χ0v) is 16.5. The van der Waals surface area contributed by atoms with Crippen LogP contribution in [-0.2, 0) is 9.84 Å². The number of ether oxygens (including phenoxy) is 1. The molecule has 1 aromatic heterocycles. The Hall–Kier alpha value is -3.34. The Balaban J connectivity index is 1.72. The first-order chi connectivity index (χ1) is 14.1. The molecular formula is C19H17F3N4O3S. The zero-order chi connectivity index (χ0) is 21.8. The minimum absolute atomic E-state index is 0.00910. The number of hydrogen-bond acceptors (Lipinski definition) is 7. The maximum Gasteiger partial charge on any atom is 0.573 e. The van der Waals surface area contributed by atoms with E-state index in [2.05, 4.69) is 25.3 Å². The molecule has 3 aromatic rings. The maximum atomic E-state index is 12.2. The predicted octanol–water partition coefficient (Wildman–Crippen LogP) is 4.66. The molecule has 0 atom stereocenters. The quantitative estimate of drug-likeness (QED) is 0.554. The van der Waals surface area contributed by atoms with Crippen LogP contribution < -0.4 is 15.4 Å². The molecule has 0 aliphatic carbocycles. The zero-order valence-electron chi connectivity index (χ0n) is 15.6. The molecule has 0 unspecified atom stereocenters. The van der Waals surface area contributed by atoms with Gasteiger partial charge in [0.05, 0.1) is 10.6 Å². The molecule has 2 aromatic carbocycles. The fourth-order valence-electron chi connectivity index (χ4n) is 2.46. The van der Waals surface area contributed by atoms with Gasteiger partial charge in [0.1, 0.15) is 23.7 Å². The highest BCUT2D eigenvalue weighted by Gasteiger charge is 2.30. The monoisotopic (exact) mass is 438 g/mol. The summed E-state index contributed by atoms with van der Waals surface area (Å²) in [4.78, 5) is 8.34. The fourth-order valence-corrected chi connectivity index (χ4v) is 3.39. The van der Waals surface area contributed by atoms with Gasteiger partial charge < -0.3 is 15.4 Å². The van der Waals surface area contributed by atoms with Gasteiger partial charge in [0.2, 0.25) is 0 Å². The van der Waals surface area contributed by atoms with Gasteiger partial charge in [-0.05, 0) is 42.5 Å². The normalized spacial score (nSPS) is 11.7. The standard InChI is InChI=1S/C19H17F3N4O3S/c1-2-30(27,28)16-5-3-4-14(10-16)26-18-11-17(23-12-24-18)25-13-6-8-15(9-7-13)29-19(20,21)22/h3-12H,2H2,1H3,(H2,23,24,25,26). The van der Waals surface area contributed by atoms with Crippen LogP contribution in [0.2, 0.25) is 0 Å². The maximum absolute atomic E-state index is 12.2. The summed E-state index contributed by atoms with van der Waals surface area (Å²) in [6.45, 7) is 1.57. The van der Waals surface area contributed by atoms with Gasteiger partial charge in [0.15, 0.2) is 9.84 Å². The van der Waals surface area contributed by atoms with Crippen LogP contribution in [0.4, 0.5) is 36.2 Å². The molecular weight excluding hydrogens is 421 g/mol. The highest BCUT2D eigenvalue weighted by atomic mass is 32.2. The molecule has 2 N–H and O–H groups in total. The van der Waals surface area contributed by atoms with Gasteiger partial charge in [0, 0.05) is 17.4 Å². The molecule has 0 saturated carbocycles. The predicted molar refractivity (Wildman–Crippen MR) is 106 cm³/mol. The molecule has 0 bridgehead atoms. The van der Waals surface area contributed by atoms with E-state index in [-0.39, 0.29) is 16.4 Å². The number of nitrogens with zero attached hydrogens (tertiary/aromatic N) is 2. The number of benzene rings is 2. The molecule has 0 fully saturated rings. The molecule has 0 amide bonds. The van der Waals surface area contributed by atoms with Crippen LogP contribution in [-0.4, -0.2) is 30.5 Å². The van der Waals surface area contributed by atoms with Crippen molar-refractivity contribution in [3.05, 3.63) is 60.9 Å². The van der Waals surface area contributed by atoms with Gasteiger partial charge in [-0.1, -0.05) is 13.0 Å². The third-order valence-corrected chi connectivity index (χ3v) is 5.61. The van der Waals surface area contributed by atoms with Gasteiger partial charge in [-0.25, -0.2) is 18.4 Å². The summed E-state index contributed by atoms with van der Waals surface area (Å²) >= 11 is 0. The third-order valence-electron chi connectivity index (χ3n) is 3.87. The van der Waals surface area contributed by atoms with Crippen LogP contribution in [0.25, 0.3) is 0 Å². The second-order valence-corrected chi connectivity index (χ2v) is 8.32. The Morgan fingerprint density at radius 2 is 1.57 bits per heavy atom. The second-order valence-electron chi connectivity index (χ2n) is 6.04. The smallest absolute Gasteiger partial charge is 0.406 e. The minimum Gasteiger partial charge on any atom is -0.406 e. The van der Waals surface area contributed by atoms with Crippen molar-refractivity contribution in [2.24, 2.45) is 0 Å². The van der Waals surface area contributed by atoms with Crippen LogP contribution in [0.15, 0.2) is 65.8 Å². The molecule has 0 aliphatic heterocycles. The topological polar surface area (TPSA) is 93.2 Å². The van der Waals surface area contributed by atoms with Crippen molar-refractivity contribution >= 4 is 32.8 Å². The van der Waals surface area contributed by atoms with E-state index in [0.29, 0.717) is 23.0 Å². The fraction of sp³-hybridized carbons (Fsp3) is 0.158. The summed E-state index contributed by atoms with van der Waals surface area (Å²) in [5, 5.41) is 5.94. The summed E-state index contributed by atoms with van der Waals surface area (Å²) in [7, 11) is -3.34. The van der Waals surface area contributed by atoms with Crippen LogP contribution in [0, 0.1) is 0 Å². The number of hydrogen-bond donors (Lipinski definition) is 2. The summed E-state index contributed by atoms with van der Waals surface area (Å²) in [6.07, 6.45) is -3.46. The number of sulfone groups is 1. The lowest BCUT2D eigenvalue weighted by Crippen LogP contribution is -2.16. The number of rotatable bonds is 7. The van der Waals surface area contributed by atoms with Crippen LogP contribution in [0.1, 0.15) is 6.92 Å². The average molecular weight is 438 g/mol. The average Bonchev–Trinajstić information content (AvgIpc) is 2.69. The van der Waals surface area contributed by atoms with Gasteiger partial charge in [-0.3, -0.25) is 0 Å². The van der Waals surface area contributed by atoms with Crippen molar-refractivity contribution in [3.63, 3.8) is 0 Å². The first-order valence-corrected chi connectivity index (χ1v) is 10.3. The number of alkyl halides is 3.